The highest BCUT2D eigenvalue weighted by Gasteiger charge is 2.09. The molecule has 0 aliphatic carbocycles. The van der Waals surface area contributed by atoms with Crippen LogP contribution in [-0.4, -0.2) is 16.7 Å². The number of nitrogens with one attached hydrogen (secondary N) is 2. The molecular formula is C21H18ClN3O2. The van der Waals surface area contributed by atoms with E-state index in [9.17, 15) is 9.59 Å². The van der Waals surface area contributed by atoms with E-state index < -0.39 is 0 Å². The zero-order valence-electron chi connectivity index (χ0n) is 14.7. The Labute approximate surface area is 162 Å². The van der Waals surface area contributed by atoms with Crippen molar-refractivity contribution in [3.05, 3.63) is 88.7 Å². The van der Waals surface area contributed by atoms with Crippen molar-refractivity contribution < 1.29 is 9.59 Å². The van der Waals surface area contributed by atoms with E-state index in [0.29, 0.717) is 28.5 Å². The third-order valence-electron chi connectivity index (χ3n) is 3.95. The van der Waals surface area contributed by atoms with E-state index in [-0.39, 0.29) is 11.7 Å². The number of hydrogen-bond donors (Lipinski definition) is 2. The van der Waals surface area contributed by atoms with Crippen LogP contribution < -0.4 is 10.6 Å². The molecule has 0 radical (unpaired) electrons. The van der Waals surface area contributed by atoms with Gasteiger partial charge in [0.05, 0.1) is 0 Å². The van der Waals surface area contributed by atoms with Crippen molar-refractivity contribution in [2.24, 2.45) is 0 Å². The van der Waals surface area contributed by atoms with Crippen LogP contribution in [0.5, 0.6) is 0 Å². The van der Waals surface area contributed by atoms with Crippen molar-refractivity contribution in [3.63, 3.8) is 0 Å². The number of rotatable bonds is 6. The molecule has 0 unspecified atom stereocenters. The number of amides is 1. The highest BCUT2D eigenvalue weighted by atomic mass is 35.5. The maximum atomic E-state index is 12.4. The first-order chi connectivity index (χ1) is 13.0. The van der Waals surface area contributed by atoms with Crippen LogP contribution in [0.15, 0.2) is 66.9 Å². The van der Waals surface area contributed by atoms with Crippen LogP contribution >= 0.6 is 11.6 Å². The van der Waals surface area contributed by atoms with Gasteiger partial charge in [0, 0.05) is 34.7 Å². The smallest absolute Gasteiger partial charge is 0.274 e. The lowest BCUT2D eigenvalue weighted by atomic mass is 10.1. The molecule has 2 aromatic carbocycles. The number of benzene rings is 2. The maximum Gasteiger partial charge on any atom is 0.274 e. The van der Waals surface area contributed by atoms with Crippen LogP contribution in [0.2, 0.25) is 5.02 Å². The molecule has 3 aromatic rings. The Morgan fingerprint density at radius 2 is 1.67 bits per heavy atom. The number of ketones is 1. The van der Waals surface area contributed by atoms with Gasteiger partial charge in [-0.1, -0.05) is 23.7 Å². The predicted molar refractivity (Wildman–Crippen MR) is 107 cm³/mol. The molecular weight excluding hydrogens is 362 g/mol. The first kappa shape index (κ1) is 18.6. The number of pyridine rings is 1. The molecule has 0 fully saturated rings. The van der Waals surface area contributed by atoms with Gasteiger partial charge in [-0.15, -0.1) is 0 Å². The van der Waals surface area contributed by atoms with Crippen LogP contribution in [0.3, 0.4) is 0 Å². The monoisotopic (exact) mass is 379 g/mol. The molecule has 0 atom stereocenters. The van der Waals surface area contributed by atoms with E-state index in [4.69, 9.17) is 11.6 Å². The van der Waals surface area contributed by atoms with E-state index in [1.54, 1.807) is 42.6 Å². The molecule has 0 aliphatic rings. The molecule has 0 bridgehead atoms. The van der Waals surface area contributed by atoms with Gasteiger partial charge in [-0.3, -0.25) is 14.6 Å². The number of hydrogen-bond acceptors (Lipinski definition) is 4. The zero-order chi connectivity index (χ0) is 19.2. The van der Waals surface area contributed by atoms with Gasteiger partial charge in [0.15, 0.2) is 5.78 Å². The van der Waals surface area contributed by atoms with Crippen molar-refractivity contribution in [1.82, 2.24) is 4.98 Å². The average Bonchev–Trinajstić information content (AvgIpc) is 2.68. The molecule has 0 saturated heterocycles. The molecule has 2 N–H and O–H groups in total. The molecule has 6 heteroatoms. The molecule has 0 saturated carbocycles. The summed E-state index contributed by atoms with van der Waals surface area (Å²) >= 11 is 5.89. The van der Waals surface area contributed by atoms with Gasteiger partial charge in [-0.05, 0) is 61.0 Å². The molecule has 1 amide bonds. The van der Waals surface area contributed by atoms with Crippen molar-refractivity contribution in [2.45, 2.75) is 13.5 Å². The first-order valence-corrected chi connectivity index (χ1v) is 8.76. The summed E-state index contributed by atoms with van der Waals surface area (Å²) in [5.74, 6) is -0.338. The molecule has 27 heavy (non-hydrogen) atoms. The Morgan fingerprint density at radius 1 is 0.963 bits per heavy atom. The van der Waals surface area contributed by atoms with Crippen LogP contribution in [0.25, 0.3) is 0 Å². The van der Waals surface area contributed by atoms with Gasteiger partial charge in [-0.2, -0.15) is 0 Å². The van der Waals surface area contributed by atoms with Gasteiger partial charge >= 0.3 is 0 Å². The Morgan fingerprint density at radius 3 is 2.33 bits per heavy atom. The van der Waals surface area contributed by atoms with Crippen LogP contribution in [0.4, 0.5) is 11.4 Å². The second-order valence-corrected chi connectivity index (χ2v) is 6.43. The summed E-state index contributed by atoms with van der Waals surface area (Å²) in [7, 11) is 0. The maximum absolute atomic E-state index is 12.4. The Bertz CT molecular complexity index is 954. The van der Waals surface area contributed by atoms with Crippen molar-refractivity contribution in [2.75, 3.05) is 10.6 Å². The number of carbonyl (C=O) groups is 2. The summed E-state index contributed by atoms with van der Waals surface area (Å²) in [6.07, 6.45) is 1.58. The summed E-state index contributed by atoms with van der Waals surface area (Å²) < 4.78 is 0. The number of aromatic nitrogens is 1. The lowest BCUT2D eigenvalue weighted by molar-refractivity contribution is 0.101. The second kappa shape index (κ2) is 8.47. The quantitative estimate of drug-likeness (QED) is 0.603. The molecule has 5 nitrogen and oxygen atoms in total. The van der Waals surface area contributed by atoms with E-state index in [2.05, 4.69) is 15.6 Å². The van der Waals surface area contributed by atoms with Gasteiger partial charge in [0.2, 0.25) is 0 Å². The fourth-order valence-corrected chi connectivity index (χ4v) is 2.58. The van der Waals surface area contributed by atoms with Gasteiger partial charge in [-0.25, -0.2) is 0 Å². The fraction of sp³-hybridized carbons (Fsp3) is 0.0952. The molecule has 0 spiro atoms. The van der Waals surface area contributed by atoms with Gasteiger partial charge in [0.25, 0.3) is 5.91 Å². The van der Waals surface area contributed by atoms with E-state index in [0.717, 1.165) is 11.3 Å². The van der Waals surface area contributed by atoms with Crippen molar-refractivity contribution >= 4 is 34.7 Å². The van der Waals surface area contributed by atoms with Crippen LogP contribution in [-0.2, 0) is 6.54 Å². The minimum Gasteiger partial charge on any atom is -0.381 e. The lowest BCUT2D eigenvalue weighted by Gasteiger charge is -2.09. The summed E-state index contributed by atoms with van der Waals surface area (Å²) in [5.41, 5.74) is 3.36. The van der Waals surface area contributed by atoms with Crippen LogP contribution in [0, 0.1) is 0 Å². The lowest BCUT2D eigenvalue weighted by Crippen LogP contribution is -2.14. The Balaban J connectivity index is 1.64. The Hall–Kier alpha value is -3.18. The number of anilines is 2. The number of Topliss-reactive ketones (excluding diaryl/α,β-unsaturated/α-hetero) is 1. The topological polar surface area (TPSA) is 71.1 Å². The van der Waals surface area contributed by atoms with E-state index >= 15 is 0 Å². The van der Waals surface area contributed by atoms with Crippen molar-refractivity contribution in [1.29, 1.82) is 0 Å². The predicted octanol–water partition coefficient (Wildman–Crippen LogP) is 4.80. The molecule has 136 valence electrons. The first-order valence-electron chi connectivity index (χ1n) is 8.38. The van der Waals surface area contributed by atoms with E-state index in [1.165, 1.54) is 6.92 Å². The third-order valence-corrected chi connectivity index (χ3v) is 4.20. The standard InChI is InChI=1S/C21H18ClN3O2/c1-14(26)16-4-8-18(9-5-16)25-21(27)20-12-19(10-11-23-20)24-13-15-2-6-17(22)7-3-15/h2-12H,13H2,1H3,(H,23,24)(H,25,27). The van der Waals surface area contributed by atoms with Crippen LogP contribution in [0.1, 0.15) is 33.3 Å². The highest BCUT2D eigenvalue weighted by molar-refractivity contribution is 6.30. The van der Waals surface area contributed by atoms with Gasteiger partial charge < -0.3 is 10.6 Å². The minimum absolute atomic E-state index is 0.0194. The number of carbonyl (C=O) groups excluding carboxylic acids is 2. The third kappa shape index (κ3) is 5.15. The largest absolute Gasteiger partial charge is 0.381 e. The fourth-order valence-electron chi connectivity index (χ4n) is 2.45. The summed E-state index contributed by atoms with van der Waals surface area (Å²) in [6, 6.07) is 17.8. The molecule has 3 rings (SSSR count). The Kier molecular flexibility index (Phi) is 5.84. The average molecular weight is 380 g/mol. The van der Waals surface area contributed by atoms with Gasteiger partial charge in [0.1, 0.15) is 5.69 Å². The molecule has 1 aromatic heterocycles. The van der Waals surface area contributed by atoms with Crippen molar-refractivity contribution in [3.8, 4) is 0 Å². The summed E-state index contributed by atoms with van der Waals surface area (Å²) in [4.78, 5) is 27.8. The normalized spacial score (nSPS) is 10.3. The highest BCUT2D eigenvalue weighted by Crippen LogP contribution is 2.15. The summed E-state index contributed by atoms with van der Waals surface area (Å²) in [6.45, 7) is 2.11. The SMILES string of the molecule is CC(=O)c1ccc(NC(=O)c2cc(NCc3ccc(Cl)cc3)ccn2)cc1. The summed E-state index contributed by atoms with van der Waals surface area (Å²) in [5, 5.41) is 6.73. The van der Waals surface area contributed by atoms with E-state index in [1.807, 2.05) is 24.3 Å². The minimum atomic E-state index is -0.319. The second-order valence-electron chi connectivity index (χ2n) is 6.00. The molecule has 0 aliphatic heterocycles. The number of halogens is 1. The number of nitrogens with zero attached hydrogens (tertiary/aromatic N) is 1. The molecule has 1 heterocycles. The zero-order valence-corrected chi connectivity index (χ0v) is 15.5.